The SMILES string of the molecule is CN1/C(=C\[P@](=Nc2ccc(Br)cc2)(Oc2cccc3ccccc23)c2ccccc2)C(C)(C)c2ccccc21. The molecule has 5 aromatic carbocycles. The van der Waals surface area contributed by atoms with Gasteiger partial charge in [0.05, 0.1) is 5.69 Å². The Morgan fingerprint density at radius 1 is 0.769 bits per heavy atom. The summed E-state index contributed by atoms with van der Waals surface area (Å²) in [6.45, 7) is 4.58. The highest BCUT2D eigenvalue weighted by Gasteiger charge is 2.40. The van der Waals surface area contributed by atoms with Gasteiger partial charge in [0.25, 0.3) is 0 Å². The second kappa shape index (κ2) is 10.2. The number of allylic oxidation sites excluding steroid dienone is 1. The zero-order valence-electron chi connectivity index (χ0n) is 22.3. The summed E-state index contributed by atoms with van der Waals surface area (Å²) in [5, 5.41) is 3.28. The molecular weight excluding hydrogens is 563 g/mol. The Bertz CT molecular complexity index is 1740. The number of nitrogens with zero attached hydrogens (tertiary/aromatic N) is 2. The molecule has 0 amide bonds. The molecule has 0 fully saturated rings. The van der Waals surface area contributed by atoms with Gasteiger partial charge in [-0.3, -0.25) is 0 Å². The summed E-state index contributed by atoms with van der Waals surface area (Å²) in [5.74, 6) is 3.16. The largest absolute Gasteiger partial charge is 0.452 e. The van der Waals surface area contributed by atoms with Crippen LogP contribution >= 0.6 is 23.2 Å². The molecule has 1 atom stereocenters. The van der Waals surface area contributed by atoms with Crippen LogP contribution in [-0.4, -0.2) is 7.05 Å². The number of para-hydroxylation sites is 1. The van der Waals surface area contributed by atoms with Crippen molar-refractivity contribution in [2.45, 2.75) is 19.3 Å². The minimum absolute atomic E-state index is 0.220. The Hall–Kier alpha value is -3.59. The van der Waals surface area contributed by atoms with Crippen LogP contribution < -0.4 is 14.7 Å². The van der Waals surface area contributed by atoms with Crippen molar-refractivity contribution in [2.24, 2.45) is 4.74 Å². The van der Waals surface area contributed by atoms with Gasteiger partial charge in [-0.05, 0) is 59.5 Å². The van der Waals surface area contributed by atoms with E-state index in [0.29, 0.717) is 0 Å². The highest BCUT2D eigenvalue weighted by Crippen LogP contribution is 2.59. The standard InChI is InChI=1S/C34H30BrN2OP/c1-34(2)30-17-9-10-18-31(30)37(3)33(34)24-39(28-14-5-4-6-15-28,36-27-22-20-26(35)21-23-27)38-32-19-11-13-25-12-7-8-16-29(25)32/h4-24H,1-3H3/b33-24-/t39-/m0/s1. The second-order valence-corrected chi connectivity index (χ2v) is 13.6. The molecular formula is C34H30BrN2OP. The third kappa shape index (κ3) is 4.73. The van der Waals surface area contributed by atoms with E-state index < -0.39 is 7.28 Å². The summed E-state index contributed by atoms with van der Waals surface area (Å²) in [6, 6.07) is 41.9. The first-order chi connectivity index (χ1) is 18.9. The van der Waals surface area contributed by atoms with Gasteiger partial charge in [0, 0.05) is 44.8 Å². The molecule has 6 rings (SSSR count). The molecule has 0 N–H and O–H groups in total. The second-order valence-electron chi connectivity index (χ2n) is 10.3. The number of benzene rings is 5. The van der Waals surface area contributed by atoms with Crippen molar-refractivity contribution in [3.05, 3.63) is 143 Å². The molecule has 1 heterocycles. The Labute approximate surface area is 239 Å². The van der Waals surface area contributed by atoms with E-state index in [1.165, 1.54) is 16.9 Å². The molecule has 1 aliphatic heterocycles. The highest BCUT2D eigenvalue weighted by atomic mass is 79.9. The predicted molar refractivity (Wildman–Crippen MR) is 170 cm³/mol. The quantitative estimate of drug-likeness (QED) is 0.190. The fraction of sp³-hybridized carbons (Fsp3) is 0.118. The van der Waals surface area contributed by atoms with Crippen molar-refractivity contribution < 1.29 is 4.52 Å². The van der Waals surface area contributed by atoms with E-state index in [2.05, 4.69) is 139 Å². The summed E-state index contributed by atoms with van der Waals surface area (Å²) in [4.78, 5) is 2.30. The maximum absolute atomic E-state index is 7.27. The van der Waals surface area contributed by atoms with Crippen LogP contribution in [0.3, 0.4) is 0 Å². The van der Waals surface area contributed by atoms with Crippen molar-refractivity contribution >= 4 is 50.7 Å². The number of likely N-dealkylation sites (N-methyl/N-ethyl adjacent to an activating group) is 1. The van der Waals surface area contributed by atoms with Crippen LogP contribution in [0.25, 0.3) is 10.8 Å². The van der Waals surface area contributed by atoms with Gasteiger partial charge < -0.3 is 9.42 Å². The van der Waals surface area contributed by atoms with E-state index in [-0.39, 0.29) is 5.41 Å². The number of hydrogen-bond donors (Lipinski definition) is 0. The van der Waals surface area contributed by atoms with Gasteiger partial charge in [0.1, 0.15) is 5.75 Å². The lowest BCUT2D eigenvalue weighted by atomic mass is 9.84. The molecule has 0 aliphatic carbocycles. The first-order valence-corrected chi connectivity index (χ1v) is 15.6. The Morgan fingerprint density at radius 3 is 2.21 bits per heavy atom. The first kappa shape index (κ1) is 25.7. The lowest BCUT2D eigenvalue weighted by molar-refractivity contribution is 0.619. The summed E-state index contributed by atoms with van der Waals surface area (Å²) in [7, 11) is -0.651. The number of fused-ring (bicyclic) bond motifs is 2. The van der Waals surface area contributed by atoms with Gasteiger partial charge in [0.15, 0.2) is 7.28 Å². The van der Waals surface area contributed by atoms with Crippen LogP contribution in [0.15, 0.2) is 142 Å². The van der Waals surface area contributed by atoms with Gasteiger partial charge in [-0.15, -0.1) is 0 Å². The summed E-state index contributed by atoms with van der Waals surface area (Å²) in [5.41, 5.74) is 4.36. The first-order valence-electron chi connectivity index (χ1n) is 13.0. The van der Waals surface area contributed by atoms with Gasteiger partial charge in [-0.2, -0.15) is 0 Å². The molecule has 39 heavy (non-hydrogen) atoms. The van der Waals surface area contributed by atoms with Crippen molar-refractivity contribution in [2.75, 3.05) is 11.9 Å². The molecule has 0 saturated carbocycles. The monoisotopic (exact) mass is 592 g/mol. The molecule has 5 heteroatoms. The average molecular weight is 594 g/mol. The Balaban J connectivity index is 1.66. The number of rotatable bonds is 5. The fourth-order valence-electron chi connectivity index (χ4n) is 5.40. The number of halogens is 1. The molecule has 5 aromatic rings. The van der Waals surface area contributed by atoms with Crippen LogP contribution in [0.1, 0.15) is 19.4 Å². The molecule has 0 saturated heterocycles. The van der Waals surface area contributed by atoms with E-state index >= 15 is 0 Å². The summed E-state index contributed by atoms with van der Waals surface area (Å²) in [6.07, 6.45) is 0. The average Bonchev–Trinajstić information content (AvgIpc) is 3.15. The Morgan fingerprint density at radius 2 is 1.44 bits per heavy atom. The normalized spacial score (nSPS) is 16.6. The zero-order valence-corrected chi connectivity index (χ0v) is 24.7. The molecule has 3 nitrogen and oxygen atoms in total. The maximum atomic E-state index is 7.27. The maximum Gasteiger partial charge on any atom is 0.191 e. The van der Waals surface area contributed by atoms with Crippen LogP contribution in [-0.2, 0) is 5.41 Å². The fourth-order valence-corrected chi connectivity index (χ4v) is 8.55. The van der Waals surface area contributed by atoms with E-state index in [0.717, 1.165) is 32.0 Å². The third-order valence-corrected chi connectivity index (χ3v) is 10.6. The summed E-state index contributed by atoms with van der Waals surface area (Å²) < 4.78 is 13.8. The number of anilines is 1. The smallest absolute Gasteiger partial charge is 0.191 e. The van der Waals surface area contributed by atoms with Crippen LogP contribution in [0.4, 0.5) is 11.4 Å². The topological polar surface area (TPSA) is 24.8 Å². The van der Waals surface area contributed by atoms with E-state index in [9.17, 15) is 0 Å². The lowest BCUT2D eigenvalue weighted by Gasteiger charge is -2.30. The van der Waals surface area contributed by atoms with Gasteiger partial charge in [-0.1, -0.05) is 103 Å². The van der Waals surface area contributed by atoms with Crippen LogP contribution in [0, 0.1) is 0 Å². The van der Waals surface area contributed by atoms with E-state index in [1.807, 2.05) is 30.3 Å². The van der Waals surface area contributed by atoms with Crippen molar-refractivity contribution in [1.29, 1.82) is 0 Å². The number of hydrogen-bond acceptors (Lipinski definition) is 3. The van der Waals surface area contributed by atoms with E-state index in [1.54, 1.807) is 0 Å². The van der Waals surface area contributed by atoms with Crippen LogP contribution in [0.2, 0.25) is 0 Å². The Kier molecular flexibility index (Phi) is 6.71. The minimum atomic E-state index is -2.80. The molecule has 0 spiro atoms. The van der Waals surface area contributed by atoms with Gasteiger partial charge >= 0.3 is 0 Å². The molecule has 0 unspecified atom stereocenters. The van der Waals surface area contributed by atoms with Crippen molar-refractivity contribution in [3.63, 3.8) is 0 Å². The third-order valence-electron chi connectivity index (χ3n) is 7.44. The van der Waals surface area contributed by atoms with Gasteiger partial charge in [-0.25, -0.2) is 4.74 Å². The minimum Gasteiger partial charge on any atom is -0.452 e. The highest BCUT2D eigenvalue weighted by molar-refractivity contribution is 9.10. The zero-order chi connectivity index (χ0) is 27.0. The van der Waals surface area contributed by atoms with Crippen molar-refractivity contribution in [3.8, 4) is 5.75 Å². The molecule has 1 aliphatic rings. The predicted octanol–water partition coefficient (Wildman–Crippen LogP) is 10.0. The van der Waals surface area contributed by atoms with E-state index in [4.69, 9.17) is 9.27 Å². The molecule has 0 bridgehead atoms. The summed E-state index contributed by atoms with van der Waals surface area (Å²) >= 11 is 3.58. The molecule has 0 radical (unpaired) electrons. The van der Waals surface area contributed by atoms with Crippen molar-refractivity contribution in [1.82, 2.24) is 0 Å². The lowest BCUT2D eigenvalue weighted by Crippen LogP contribution is -2.24. The van der Waals surface area contributed by atoms with Gasteiger partial charge in [0.2, 0.25) is 0 Å². The molecule has 194 valence electrons. The van der Waals surface area contributed by atoms with Crippen LogP contribution in [0.5, 0.6) is 5.75 Å². The molecule has 0 aromatic heterocycles.